The molecule has 1 aliphatic heterocycles. The number of pyridine rings is 1. The van der Waals surface area contributed by atoms with Gasteiger partial charge < -0.3 is 15.4 Å². The van der Waals surface area contributed by atoms with E-state index in [9.17, 15) is 4.79 Å². The van der Waals surface area contributed by atoms with Gasteiger partial charge in [-0.15, -0.1) is 0 Å². The van der Waals surface area contributed by atoms with E-state index in [1.165, 1.54) is 0 Å². The number of ether oxygens (including phenoxy) is 1. The lowest BCUT2D eigenvalue weighted by atomic mass is 9.86. The SMILES string of the molecule is CC(C)(C)c1ccccc1NC(=O)c1cncc(NCC2CCCO2)c1. The van der Waals surface area contributed by atoms with Crippen LogP contribution in [0.25, 0.3) is 0 Å². The Morgan fingerprint density at radius 3 is 2.81 bits per heavy atom. The van der Waals surface area contributed by atoms with E-state index in [0.29, 0.717) is 5.56 Å². The summed E-state index contributed by atoms with van der Waals surface area (Å²) in [6.07, 6.45) is 5.75. The van der Waals surface area contributed by atoms with Crippen molar-refractivity contribution in [3.8, 4) is 0 Å². The molecule has 3 rings (SSSR count). The van der Waals surface area contributed by atoms with Gasteiger partial charge in [-0.05, 0) is 36.0 Å². The molecule has 5 nitrogen and oxygen atoms in total. The summed E-state index contributed by atoms with van der Waals surface area (Å²) >= 11 is 0. The minimum atomic E-state index is -0.157. The minimum Gasteiger partial charge on any atom is -0.381 e. The molecule has 0 bridgehead atoms. The van der Waals surface area contributed by atoms with Gasteiger partial charge in [0.1, 0.15) is 0 Å². The maximum absolute atomic E-state index is 12.7. The van der Waals surface area contributed by atoms with Gasteiger partial charge in [0.15, 0.2) is 0 Å². The smallest absolute Gasteiger partial charge is 0.257 e. The lowest BCUT2D eigenvalue weighted by Gasteiger charge is -2.23. The fourth-order valence-corrected chi connectivity index (χ4v) is 3.14. The summed E-state index contributed by atoms with van der Waals surface area (Å²) in [4.78, 5) is 16.9. The first-order valence-corrected chi connectivity index (χ1v) is 9.15. The van der Waals surface area contributed by atoms with E-state index < -0.39 is 0 Å². The lowest BCUT2D eigenvalue weighted by Crippen LogP contribution is -2.20. The van der Waals surface area contributed by atoms with Crippen molar-refractivity contribution in [3.63, 3.8) is 0 Å². The third kappa shape index (κ3) is 4.61. The summed E-state index contributed by atoms with van der Waals surface area (Å²) in [7, 11) is 0. The van der Waals surface area contributed by atoms with E-state index in [2.05, 4.69) is 36.4 Å². The van der Waals surface area contributed by atoms with Gasteiger partial charge in [0.25, 0.3) is 5.91 Å². The predicted molar refractivity (Wildman–Crippen MR) is 105 cm³/mol. The van der Waals surface area contributed by atoms with Crippen molar-refractivity contribution >= 4 is 17.3 Å². The first kappa shape index (κ1) is 18.4. The molecule has 1 amide bonds. The second-order valence-corrected chi connectivity index (χ2v) is 7.73. The monoisotopic (exact) mass is 353 g/mol. The molecule has 26 heavy (non-hydrogen) atoms. The Balaban J connectivity index is 1.69. The van der Waals surface area contributed by atoms with Gasteiger partial charge >= 0.3 is 0 Å². The van der Waals surface area contributed by atoms with Crippen LogP contribution in [-0.4, -0.2) is 30.1 Å². The summed E-state index contributed by atoms with van der Waals surface area (Å²) in [6, 6.07) is 9.74. The maximum Gasteiger partial charge on any atom is 0.257 e. The summed E-state index contributed by atoms with van der Waals surface area (Å²) in [5, 5.41) is 6.34. The fourth-order valence-electron chi connectivity index (χ4n) is 3.14. The van der Waals surface area contributed by atoms with Crippen LogP contribution in [0.4, 0.5) is 11.4 Å². The summed E-state index contributed by atoms with van der Waals surface area (Å²) in [6.45, 7) is 7.97. The highest BCUT2D eigenvalue weighted by atomic mass is 16.5. The number of hydrogen-bond acceptors (Lipinski definition) is 4. The van der Waals surface area contributed by atoms with Crippen LogP contribution in [0.1, 0.15) is 49.5 Å². The van der Waals surface area contributed by atoms with E-state index in [-0.39, 0.29) is 17.4 Å². The molecule has 0 spiro atoms. The zero-order valence-corrected chi connectivity index (χ0v) is 15.7. The quantitative estimate of drug-likeness (QED) is 0.845. The molecule has 2 heterocycles. The number of benzene rings is 1. The molecule has 2 N–H and O–H groups in total. The number of para-hydroxylation sites is 1. The molecular formula is C21H27N3O2. The third-order valence-electron chi connectivity index (χ3n) is 4.54. The van der Waals surface area contributed by atoms with Gasteiger partial charge in [0, 0.05) is 31.2 Å². The van der Waals surface area contributed by atoms with Crippen LogP contribution in [0.3, 0.4) is 0 Å². The summed E-state index contributed by atoms with van der Waals surface area (Å²) < 4.78 is 5.61. The number of carbonyl (C=O) groups is 1. The molecule has 1 aliphatic rings. The third-order valence-corrected chi connectivity index (χ3v) is 4.54. The molecule has 0 aliphatic carbocycles. The van der Waals surface area contributed by atoms with Crippen LogP contribution < -0.4 is 10.6 Å². The number of nitrogens with one attached hydrogen (secondary N) is 2. The van der Waals surface area contributed by atoms with Gasteiger partial charge in [-0.25, -0.2) is 0 Å². The number of hydrogen-bond donors (Lipinski definition) is 2. The van der Waals surface area contributed by atoms with Crippen molar-refractivity contribution in [2.75, 3.05) is 23.8 Å². The van der Waals surface area contributed by atoms with Crippen LogP contribution in [0.2, 0.25) is 0 Å². The zero-order chi connectivity index (χ0) is 18.6. The van der Waals surface area contributed by atoms with Crippen molar-refractivity contribution in [1.82, 2.24) is 4.98 Å². The molecular weight excluding hydrogens is 326 g/mol. The van der Waals surface area contributed by atoms with E-state index >= 15 is 0 Å². The van der Waals surface area contributed by atoms with Crippen molar-refractivity contribution < 1.29 is 9.53 Å². The highest BCUT2D eigenvalue weighted by molar-refractivity contribution is 6.05. The molecule has 1 atom stereocenters. The Kier molecular flexibility index (Phi) is 5.57. The normalized spacial score (nSPS) is 17.1. The first-order chi connectivity index (χ1) is 12.4. The molecule has 1 aromatic heterocycles. The van der Waals surface area contributed by atoms with Crippen LogP contribution in [0.5, 0.6) is 0 Å². The Bertz CT molecular complexity index is 762. The second-order valence-electron chi connectivity index (χ2n) is 7.73. The highest BCUT2D eigenvalue weighted by Gasteiger charge is 2.19. The molecule has 5 heteroatoms. The molecule has 1 aromatic carbocycles. The Hall–Kier alpha value is -2.40. The zero-order valence-electron chi connectivity index (χ0n) is 15.7. The molecule has 0 radical (unpaired) electrons. The molecule has 138 valence electrons. The number of anilines is 2. The van der Waals surface area contributed by atoms with Gasteiger partial charge in [-0.2, -0.15) is 0 Å². The lowest BCUT2D eigenvalue weighted by molar-refractivity contribution is 0.102. The molecule has 1 fully saturated rings. The number of nitrogens with zero attached hydrogens (tertiary/aromatic N) is 1. The fraction of sp³-hybridized carbons (Fsp3) is 0.429. The summed E-state index contributed by atoms with van der Waals surface area (Å²) in [5.74, 6) is -0.157. The number of amides is 1. The molecule has 1 saturated heterocycles. The average Bonchev–Trinajstić information content (AvgIpc) is 3.13. The average molecular weight is 353 g/mol. The second kappa shape index (κ2) is 7.87. The van der Waals surface area contributed by atoms with Gasteiger partial charge in [-0.3, -0.25) is 9.78 Å². The van der Waals surface area contributed by atoms with Crippen LogP contribution >= 0.6 is 0 Å². The van der Waals surface area contributed by atoms with Gasteiger partial charge in [-0.1, -0.05) is 39.0 Å². The largest absolute Gasteiger partial charge is 0.381 e. The van der Waals surface area contributed by atoms with E-state index in [1.54, 1.807) is 12.4 Å². The molecule has 2 aromatic rings. The van der Waals surface area contributed by atoms with Crippen LogP contribution in [0.15, 0.2) is 42.7 Å². The standard InChI is InChI=1S/C21H27N3O2/c1-21(2,3)18-8-4-5-9-19(18)24-20(25)15-11-16(13-22-12-15)23-14-17-7-6-10-26-17/h4-5,8-9,11-13,17,23H,6-7,10,14H2,1-3H3,(H,24,25). The maximum atomic E-state index is 12.7. The number of aromatic nitrogens is 1. The van der Waals surface area contributed by atoms with Crippen LogP contribution in [-0.2, 0) is 10.2 Å². The Morgan fingerprint density at radius 2 is 2.08 bits per heavy atom. The predicted octanol–water partition coefficient (Wildman–Crippen LogP) is 4.22. The van der Waals surface area contributed by atoms with E-state index in [1.807, 2.05) is 30.3 Å². The highest BCUT2D eigenvalue weighted by Crippen LogP contribution is 2.29. The van der Waals surface area contributed by atoms with E-state index in [0.717, 1.165) is 42.9 Å². The van der Waals surface area contributed by atoms with Gasteiger partial charge in [0.2, 0.25) is 0 Å². The number of carbonyl (C=O) groups excluding carboxylic acids is 1. The van der Waals surface area contributed by atoms with E-state index in [4.69, 9.17) is 4.74 Å². The van der Waals surface area contributed by atoms with Crippen molar-refractivity contribution in [1.29, 1.82) is 0 Å². The molecule has 0 saturated carbocycles. The van der Waals surface area contributed by atoms with Gasteiger partial charge in [0.05, 0.1) is 17.4 Å². The number of rotatable bonds is 5. The minimum absolute atomic E-state index is 0.0488. The topological polar surface area (TPSA) is 63.2 Å². The first-order valence-electron chi connectivity index (χ1n) is 9.15. The summed E-state index contributed by atoms with van der Waals surface area (Å²) in [5.41, 5.74) is 3.26. The van der Waals surface area contributed by atoms with Crippen LogP contribution in [0, 0.1) is 0 Å². The van der Waals surface area contributed by atoms with Crippen molar-refractivity contribution in [3.05, 3.63) is 53.9 Å². The Labute approximate surface area is 155 Å². The van der Waals surface area contributed by atoms with Crippen molar-refractivity contribution in [2.24, 2.45) is 0 Å². The Morgan fingerprint density at radius 1 is 1.27 bits per heavy atom. The molecule has 1 unspecified atom stereocenters. The van der Waals surface area contributed by atoms with Crippen molar-refractivity contribution in [2.45, 2.75) is 45.1 Å².